The van der Waals surface area contributed by atoms with Gasteiger partial charge in [-0.15, -0.1) is 0 Å². The van der Waals surface area contributed by atoms with Gasteiger partial charge in [-0.05, 0) is 0 Å². The summed E-state index contributed by atoms with van der Waals surface area (Å²) in [5.74, 6) is -0.879. The molecule has 0 unspecified atom stereocenters. The zero-order valence-electron chi connectivity index (χ0n) is 9.39. The number of nitrogens with two attached hydrogens (primary N) is 1. The van der Waals surface area contributed by atoms with E-state index in [0.717, 1.165) is 6.26 Å². The van der Waals surface area contributed by atoms with Crippen LogP contribution in [0.3, 0.4) is 0 Å². The smallest absolute Gasteiger partial charge is 0.241 e. The Morgan fingerprint density at radius 1 is 1.38 bits per heavy atom. The predicted molar refractivity (Wildman–Crippen MR) is 59.4 cm³/mol. The lowest BCUT2D eigenvalue weighted by Crippen LogP contribution is -2.41. The molecule has 0 atom stereocenters. The fraction of sp³-hybridized carbons (Fsp3) is 0.750. The van der Waals surface area contributed by atoms with Crippen molar-refractivity contribution in [2.75, 3.05) is 38.7 Å². The molecular weight excluding hydrogens is 234 g/mol. The van der Waals surface area contributed by atoms with Gasteiger partial charge in [0.05, 0.1) is 18.8 Å². The number of nitrogens with zero attached hydrogens (tertiary/aromatic N) is 1. The maximum atomic E-state index is 11.4. The van der Waals surface area contributed by atoms with Gasteiger partial charge in [0.1, 0.15) is 9.84 Å². The van der Waals surface area contributed by atoms with Gasteiger partial charge in [0, 0.05) is 19.8 Å². The van der Waals surface area contributed by atoms with Crippen molar-refractivity contribution in [2.24, 2.45) is 5.73 Å². The molecule has 94 valence electrons. The topological polar surface area (TPSA) is 110 Å². The number of amides is 2. The first kappa shape index (κ1) is 14.8. The minimum absolute atomic E-state index is 0.0971. The molecule has 0 heterocycles. The van der Waals surface area contributed by atoms with Crippen LogP contribution in [0.2, 0.25) is 0 Å². The molecule has 0 aliphatic carbocycles. The van der Waals surface area contributed by atoms with Crippen LogP contribution in [0.15, 0.2) is 0 Å². The standard InChI is InChI=1S/C8H17N3O4S/c1-11(3-4-16(2,14)15)8(13)6-10-7(12)5-9/h3-6,9H2,1-2H3,(H,10,12). The van der Waals surface area contributed by atoms with E-state index >= 15 is 0 Å². The van der Waals surface area contributed by atoms with Gasteiger partial charge in [-0.1, -0.05) is 0 Å². The molecule has 0 saturated heterocycles. The first-order valence-corrected chi connectivity index (χ1v) is 6.70. The Morgan fingerprint density at radius 3 is 2.38 bits per heavy atom. The molecule has 16 heavy (non-hydrogen) atoms. The van der Waals surface area contributed by atoms with E-state index in [1.165, 1.54) is 11.9 Å². The lowest BCUT2D eigenvalue weighted by Gasteiger charge is -2.16. The summed E-state index contributed by atoms with van der Waals surface area (Å²) in [5, 5.41) is 2.31. The summed E-state index contributed by atoms with van der Waals surface area (Å²) in [5.41, 5.74) is 5.03. The van der Waals surface area contributed by atoms with Crippen molar-refractivity contribution in [3.8, 4) is 0 Å². The van der Waals surface area contributed by atoms with E-state index in [4.69, 9.17) is 5.73 Å². The molecule has 0 aromatic rings. The highest BCUT2D eigenvalue weighted by Crippen LogP contribution is 1.88. The Labute approximate surface area is 94.9 Å². The second kappa shape index (κ2) is 6.44. The van der Waals surface area contributed by atoms with Crippen LogP contribution in [0.25, 0.3) is 0 Å². The molecule has 2 amide bonds. The van der Waals surface area contributed by atoms with Gasteiger partial charge < -0.3 is 16.0 Å². The second-order valence-electron chi connectivity index (χ2n) is 3.43. The van der Waals surface area contributed by atoms with Gasteiger partial charge in [-0.25, -0.2) is 8.42 Å². The van der Waals surface area contributed by atoms with E-state index in [1.54, 1.807) is 0 Å². The van der Waals surface area contributed by atoms with Crippen LogP contribution in [-0.4, -0.2) is 63.8 Å². The highest BCUT2D eigenvalue weighted by molar-refractivity contribution is 7.90. The number of sulfone groups is 1. The van der Waals surface area contributed by atoms with Gasteiger partial charge in [-0.2, -0.15) is 0 Å². The van der Waals surface area contributed by atoms with Crippen LogP contribution in [0.4, 0.5) is 0 Å². The van der Waals surface area contributed by atoms with Crippen LogP contribution < -0.4 is 11.1 Å². The van der Waals surface area contributed by atoms with Crippen molar-refractivity contribution in [3.05, 3.63) is 0 Å². The van der Waals surface area contributed by atoms with Crippen LogP contribution >= 0.6 is 0 Å². The van der Waals surface area contributed by atoms with Crippen LogP contribution in [-0.2, 0) is 19.4 Å². The molecule has 0 fully saturated rings. The first-order chi connectivity index (χ1) is 7.26. The molecule has 0 spiro atoms. The molecule has 0 aliphatic heterocycles. The van der Waals surface area contributed by atoms with E-state index in [2.05, 4.69) is 5.32 Å². The van der Waals surface area contributed by atoms with Crippen molar-refractivity contribution in [1.82, 2.24) is 10.2 Å². The van der Waals surface area contributed by atoms with Gasteiger partial charge in [0.25, 0.3) is 0 Å². The molecule has 8 heteroatoms. The zero-order chi connectivity index (χ0) is 12.8. The maximum absolute atomic E-state index is 11.4. The van der Waals surface area contributed by atoms with Gasteiger partial charge in [0.2, 0.25) is 11.8 Å². The molecule has 0 aromatic heterocycles. The van der Waals surface area contributed by atoms with Crippen molar-refractivity contribution < 1.29 is 18.0 Å². The molecule has 0 rings (SSSR count). The number of hydrogen-bond donors (Lipinski definition) is 2. The lowest BCUT2D eigenvalue weighted by atomic mass is 10.4. The Morgan fingerprint density at radius 2 is 1.94 bits per heavy atom. The molecular formula is C8H17N3O4S. The van der Waals surface area contributed by atoms with Crippen molar-refractivity contribution in [2.45, 2.75) is 0 Å². The number of hydrogen-bond acceptors (Lipinski definition) is 5. The molecule has 0 radical (unpaired) electrons. The highest BCUT2D eigenvalue weighted by Gasteiger charge is 2.12. The van der Waals surface area contributed by atoms with Crippen LogP contribution in [0.5, 0.6) is 0 Å². The summed E-state index contributed by atoms with van der Waals surface area (Å²) < 4.78 is 21.7. The summed E-state index contributed by atoms with van der Waals surface area (Å²) in [6.45, 7) is -0.243. The predicted octanol–water partition coefficient (Wildman–Crippen LogP) is -2.44. The minimum atomic E-state index is -3.09. The summed E-state index contributed by atoms with van der Waals surface area (Å²) in [6, 6.07) is 0. The summed E-state index contributed by atoms with van der Waals surface area (Å²) in [6.07, 6.45) is 1.10. The zero-order valence-corrected chi connectivity index (χ0v) is 10.2. The second-order valence-corrected chi connectivity index (χ2v) is 5.69. The first-order valence-electron chi connectivity index (χ1n) is 4.64. The molecule has 0 bridgehead atoms. The van der Waals surface area contributed by atoms with Crippen molar-refractivity contribution in [3.63, 3.8) is 0 Å². The van der Waals surface area contributed by atoms with Crippen molar-refractivity contribution in [1.29, 1.82) is 0 Å². The van der Waals surface area contributed by atoms with E-state index in [1.807, 2.05) is 0 Å². The quantitative estimate of drug-likeness (QED) is 0.545. The fourth-order valence-electron chi connectivity index (χ4n) is 0.809. The number of carbonyl (C=O) groups excluding carboxylic acids is 2. The normalized spacial score (nSPS) is 10.9. The monoisotopic (exact) mass is 251 g/mol. The third-order valence-corrected chi connectivity index (χ3v) is 2.77. The van der Waals surface area contributed by atoms with E-state index in [-0.39, 0.29) is 31.3 Å². The number of nitrogens with one attached hydrogen (secondary N) is 1. The van der Waals surface area contributed by atoms with E-state index in [0.29, 0.717) is 0 Å². The van der Waals surface area contributed by atoms with E-state index < -0.39 is 15.7 Å². The van der Waals surface area contributed by atoms with E-state index in [9.17, 15) is 18.0 Å². The number of likely N-dealkylation sites (N-methyl/N-ethyl adjacent to an activating group) is 1. The SMILES string of the molecule is CN(CCS(C)(=O)=O)C(=O)CNC(=O)CN. The average molecular weight is 251 g/mol. The summed E-state index contributed by atoms with van der Waals surface area (Å²) in [4.78, 5) is 23.4. The van der Waals surface area contributed by atoms with Gasteiger partial charge in [0.15, 0.2) is 0 Å². The Bertz CT molecular complexity index is 352. The third-order valence-electron chi connectivity index (χ3n) is 1.85. The maximum Gasteiger partial charge on any atom is 0.241 e. The van der Waals surface area contributed by atoms with Gasteiger partial charge in [-0.3, -0.25) is 9.59 Å². The molecule has 0 aliphatic rings. The Kier molecular flexibility index (Phi) is 5.97. The van der Waals surface area contributed by atoms with Crippen molar-refractivity contribution >= 4 is 21.7 Å². The Hall–Kier alpha value is -1.15. The third kappa shape index (κ3) is 7.18. The lowest BCUT2D eigenvalue weighted by molar-refractivity contribution is -0.131. The Balaban J connectivity index is 3.96. The summed E-state index contributed by atoms with van der Waals surface area (Å²) >= 11 is 0. The summed E-state index contributed by atoms with van der Waals surface area (Å²) in [7, 11) is -1.62. The molecule has 3 N–H and O–H groups in total. The van der Waals surface area contributed by atoms with Crippen LogP contribution in [0, 0.1) is 0 Å². The van der Waals surface area contributed by atoms with Crippen LogP contribution in [0.1, 0.15) is 0 Å². The largest absolute Gasteiger partial charge is 0.346 e. The molecule has 7 nitrogen and oxygen atoms in total. The number of carbonyl (C=O) groups is 2. The average Bonchev–Trinajstić information content (AvgIpc) is 2.20. The molecule has 0 saturated carbocycles. The van der Waals surface area contributed by atoms with Gasteiger partial charge >= 0.3 is 0 Å². The molecule has 0 aromatic carbocycles. The fourth-order valence-corrected chi connectivity index (χ4v) is 1.41. The number of rotatable bonds is 6. The minimum Gasteiger partial charge on any atom is -0.346 e. The highest BCUT2D eigenvalue weighted by atomic mass is 32.2.